The van der Waals surface area contributed by atoms with Gasteiger partial charge in [-0.3, -0.25) is 19.7 Å². The minimum absolute atomic E-state index is 0.0854. The van der Waals surface area contributed by atoms with Crippen molar-refractivity contribution in [3.05, 3.63) is 38.7 Å². The van der Waals surface area contributed by atoms with E-state index in [1.807, 2.05) is 0 Å². The summed E-state index contributed by atoms with van der Waals surface area (Å²) in [6.45, 7) is 0. The molecule has 2 rings (SSSR count). The van der Waals surface area contributed by atoms with Crippen molar-refractivity contribution in [2.24, 2.45) is 0 Å². The summed E-state index contributed by atoms with van der Waals surface area (Å²) in [5, 5.41) is 14.7. The summed E-state index contributed by atoms with van der Waals surface area (Å²) in [6.07, 6.45) is -4.17. The first-order valence-corrected chi connectivity index (χ1v) is 5.86. The van der Waals surface area contributed by atoms with Crippen molar-refractivity contribution in [2.45, 2.75) is 6.18 Å². The Labute approximate surface area is 124 Å². The molecule has 0 saturated carbocycles. The second kappa shape index (κ2) is 5.30. The van der Waals surface area contributed by atoms with Crippen molar-refractivity contribution in [1.29, 1.82) is 0 Å². The second-order valence-electron chi connectivity index (χ2n) is 4.07. The highest BCUT2D eigenvalue weighted by Crippen LogP contribution is 2.48. The Morgan fingerprint density at radius 2 is 2.05 bits per heavy atom. The third-order valence-corrected chi connectivity index (χ3v) is 3.02. The van der Waals surface area contributed by atoms with Crippen LogP contribution in [0.2, 0.25) is 5.02 Å². The Balaban J connectivity index is 2.70. The van der Waals surface area contributed by atoms with Gasteiger partial charge in [-0.2, -0.15) is 13.2 Å². The Hall–Kier alpha value is -2.62. The molecule has 0 spiro atoms. The number of alkyl halides is 3. The first-order valence-electron chi connectivity index (χ1n) is 5.48. The Bertz CT molecular complexity index is 730. The molecule has 0 radical (unpaired) electrons. The van der Waals surface area contributed by atoms with Gasteiger partial charge < -0.3 is 10.6 Å². The predicted molar refractivity (Wildman–Crippen MR) is 69.5 cm³/mol. The number of ketones is 1. The van der Waals surface area contributed by atoms with E-state index < -0.39 is 44.5 Å². The van der Waals surface area contributed by atoms with E-state index in [0.29, 0.717) is 0 Å². The van der Waals surface area contributed by atoms with Crippen LogP contribution < -0.4 is 10.6 Å². The predicted octanol–water partition coefficient (Wildman–Crippen LogP) is 2.71. The van der Waals surface area contributed by atoms with Crippen LogP contribution >= 0.6 is 11.6 Å². The molecule has 0 saturated heterocycles. The third-order valence-electron chi connectivity index (χ3n) is 2.72. The van der Waals surface area contributed by atoms with Gasteiger partial charge in [-0.05, 0) is 6.07 Å². The number of Topliss-reactive ketones (excluding diaryl/α,β-unsaturated/α-hetero) is 1. The lowest BCUT2D eigenvalue weighted by Crippen LogP contribution is -2.21. The lowest BCUT2D eigenvalue weighted by Gasteiger charge is -2.21. The van der Waals surface area contributed by atoms with Gasteiger partial charge in [0.2, 0.25) is 5.78 Å². The van der Waals surface area contributed by atoms with E-state index in [9.17, 15) is 32.9 Å². The zero-order valence-electron chi connectivity index (χ0n) is 10.3. The molecule has 0 unspecified atom stereocenters. The molecule has 1 aromatic rings. The molecule has 1 heterocycles. The van der Waals surface area contributed by atoms with Crippen LogP contribution in [0.4, 0.5) is 30.2 Å². The van der Waals surface area contributed by atoms with Gasteiger partial charge >= 0.3 is 11.9 Å². The van der Waals surface area contributed by atoms with Crippen LogP contribution in [0.25, 0.3) is 0 Å². The summed E-state index contributed by atoms with van der Waals surface area (Å²) in [5.41, 5.74) is -4.15. The number of nitrogens with one attached hydrogen (secondary N) is 2. The van der Waals surface area contributed by atoms with Crippen molar-refractivity contribution in [1.82, 2.24) is 0 Å². The molecule has 0 aliphatic carbocycles. The fourth-order valence-corrected chi connectivity index (χ4v) is 2.15. The maximum Gasteiger partial charge on any atom is 0.424 e. The van der Waals surface area contributed by atoms with Crippen LogP contribution in [0, 0.1) is 10.1 Å². The van der Waals surface area contributed by atoms with Crippen LogP contribution in [0.5, 0.6) is 0 Å². The zero-order valence-corrected chi connectivity index (χ0v) is 11.1. The van der Waals surface area contributed by atoms with Gasteiger partial charge in [0.15, 0.2) is 11.8 Å². The second-order valence-corrected chi connectivity index (χ2v) is 4.48. The van der Waals surface area contributed by atoms with E-state index in [0.717, 1.165) is 12.3 Å². The van der Waals surface area contributed by atoms with Gasteiger partial charge in [-0.25, -0.2) is 0 Å². The summed E-state index contributed by atoms with van der Waals surface area (Å²) >= 11 is 5.49. The molecule has 1 aliphatic rings. The molecule has 2 N–H and O–H groups in total. The highest BCUT2D eigenvalue weighted by Gasteiger charge is 2.44. The van der Waals surface area contributed by atoms with Crippen molar-refractivity contribution in [2.75, 3.05) is 10.6 Å². The summed E-state index contributed by atoms with van der Waals surface area (Å²) in [6, 6.07) is 0.832. The minimum Gasteiger partial charge on any atom is -0.358 e. The van der Waals surface area contributed by atoms with Gasteiger partial charge in [-0.15, -0.1) is 0 Å². The number of nitro benzene ring substituents is 1. The number of hydrogen-bond donors (Lipinski definition) is 2. The van der Waals surface area contributed by atoms with E-state index in [1.165, 1.54) is 0 Å². The van der Waals surface area contributed by atoms with Crippen molar-refractivity contribution >= 4 is 40.7 Å². The molecular weight excluding hydrogens is 331 g/mol. The van der Waals surface area contributed by atoms with Crippen molar-refractivity contribution in [3.63, 3.8) is 0 Å². The fourth-order valence-electron chi connectivity index (χ4n) is 1.85. The molecule has 0 aromatic heterocycles. The average Bonchev–Trinajstić information content (AvgIpc) is 2.43. The van der Waals surface area contributed by atoms with Crippen LogP contribution in [-0.4, -0.2) is 17.0 Å². The molecule has 0 amide bonds. The lowest BCUT2D eigenvalue weighted by molar-refractivity contribution is -0.387. The largest absolute Gasteiger partial charge is 0.424 e. The summed E-state index contributed by atoms with van der Waals surface area (Å²) in [4.78, 5) is 31.4. The smallest absolute Gasteiger partial charge is 0.358 e. The number of carbonyl (C=O) groups excluding carboxylic acids is 2. The summed E-state index contributed by atoms with van der Waals surface area (Å²) in [5.74, 6) is -1.09. The Morgan fingerprint density at radius 3 is 2.55 bits per heavy atom. The van der Waals surface area contributed by atoms with E-state index in [-0.39, 0.29) is 12.0 Å². The zero-order chi connectivity index (χ0) is 16.7. The van der Waals surface area contributed by atoms with E-state index in [4.69, 9.17) is 11.6 Å². The highest BCUT2D eigenvalue weighted by molar-refractivity contribution is 6.35. The van der Waals surface area contributed by atoms with Gasteiger partial charge in [0.1, 0.15) is 11.4 Å². The number of aldehydes is 1. The average molecular weight is 336 g/mol. The van der Waals surface area contributed by atoms with E-state index >= 15 is 0 Å². The third kappa shape index (κ3) is 2.60. The fraction of sp³-hybridized carbons (Fsp3) is 0.0909. The lowest BCUT2D eigenvalue weighted by atomic mass is 10.1. The standard InChI is InChI=1S/C11H5ClF3N3O4/c12-4-1-5-9(17-6(2-16-5)7(20)3-19)10(18(21)22)8(4)11(13,14)15/h1-3,16-17H. The summed E-state index contributed by atoms with van der Waals surface area (Å²) < 4.78 is 39.0. The van der Waals surface area contributed by atoms with Crippen LogP contribution in [0.1, 0.15) is 5.56 Å². The Kier molecular flexibility index (Phi) is 3.79. The molecule has 0 bridgehead atoms. The molecule has 0 fully saturated rings. The number of anilines is 2. The Morgan fingerprint density at radius 1 is 1.41 bits per heavy atom. The molecule has 0 atom stereocenters. The number of benzene rings is 1. The molecule has 1 aliphatic heterocycles. The maximum absolute atomic E-state index is 13.0. The van der Waals surface area contributed by atoms with Gasteiger partial charge in [0, 0.05) is 6.20 Å². The molecule has 11 heteroatoms. The normalized spacial score (nSPS) is 13.4. The highest BCUT2D eigenvalue weighted by atomic mass is 35.5. The quantitative estimate of drug-likeness (QED) is 0.381. The number of fused-ring (bicyclic) bond motifs is 1. The first kappa shape index (κ1) is 15.8. The van der Waals surface area contributed by atoms with Gasteiger partial charge in [0.25, 0.3) is 0 Å². The maximum atomic E-state index is 13.0. The molecule has 116 valence electrons. The number of carbonyl (C=O) groups is 2. The number of halogens is 4. The van der Waals surface area contributed by atoms with E-state index in [1.54, 1.807) is 0 Å². The molecule has 7 nitrogen and oxygen atoms in total. The number of nitro groups is 1. The number of hydrogen-bond acceptors (Lipinski definition) is 6. The number of nitrogens with zero attached hydrogens (tertiary/aromatic N) is 1. The monoisotopic (exact) mass is 335 g/mol. The molecular formula is C11H5ClF3N3O4. The topological polar surface area (TPSA) is 101 Å². The van der Waals surface area contributed by atoms with Gasteiger partial charge in [0.05, 0.1) is 15.6 Å². The van der Waals surface area contributed by atoms with Crippen LogP contribution in [-0.2, 0) is 15.8 Å². The van der Waals surface area contributed by atoms with Crippen molar-refractivity contribution < 1.29 is 27.7 Å². The van der Waals surface area contributed by atoms with Crippen LogP contribution in [0.15, 0.2) is 18.0 Å². The summed E-state index contributed by atoms with van der Waals surface area (Å²) in [7, 11) is 0. The number of allylic oxidation sites excluding steroid dienone is 1. The SMILES string of the molecule is O=CC(=O)C1=CNc2cc(Cl)c(C(F)(F)F)c([N+](=O)[O-])c2N1. The van der Waals surface area contributed by atoms with E-state index in [2.05, 4.69) is 10.6 Å². The van der Waals surface area contributed by atoms with Crippen molar-refractivity contribution in [3.8, 4) is 0 Å². The molecule has 22 heavy (non-hydrogen) atoms. The van der Waals surface area contributed by atoms with Gasteiger partial charge in [-0.1, -0.05) is 11.6 Å². The minimum atomic E-state index is -5.08. The molecule has 1 aromatic carbocycles. The number of rotatable bonds is 3. The van der Waals surface area contributed by atoms with Crippen LogP contribution in [0.3, 0.4) is 0 Å². The first-order chi connectivity index (χ1) is 10.2.